The van der Waals surface area contributed by atoms with Crippen LogP contribution in [0.5, 0.6) is 5.75 Å². The van der Waals surface area contributed by atoms with Gasteiger partial charge in [0, 0.05) is 12.4 Å². The van der Waals surface area contributed by atoms with E-state index in [1.165, 1.54) is 0 Å². The third-order valence-electron chi connectivity index (χ3n) is 2.69. The van der Waals surface area contributed by atoms with Crippen molar-refractivity contribution in [2.75, 3.05) is 25.3 Å². The fourth-order valence-corrected chi connectivity index (χ4v) is 2.93. The molecule has 1 aromatic carbocycles. The third kappa shape index (κ3) is 6.80. The highest BCUT2D eigenvalue weighted by Crippen LogP contribution is 2.11. The molecule has 4 nitrogen and oxygen atoms in total. The van der Waals surface area contributed by atoms with Crippen molar-refractivity contribution in [2.24, 2.45) is 0 Å². The standard InChI is InChI=1S/C13H20ClNO3S/c1-18-13-6-4-12(5-7-13)8-10-15-19(16,17)11-3-2-9-14/h4-7,15H,2-3,8-11H2,1H3. The summed E-state index contributed by atoms with van der Waals surface area (Å²) in [5, 5.41) is 0. The predicted octanol–water partition coefficient (Wildman–Crippen LogP) is 2.18. The van der Waals surface area contributed by atoms with Crippen molar-refractivity contribution in [3.05, 3.63) is 29.8 Å². The molecule has 19 heavy (non-hydrogen) atoms. The zero-order valence-corrected chi connectivity index (χ0v) is 12.6. The maximum absolute atomic E-state index is 11.6. The summed E-state index contributed by atoms with van der Waals surface area (Å²) in [5.41, 5.74) is 1.07. The second kappa shape index (κ2) is 8.40. The van der Waals surface area contributed by atoms with Crippen LogP contribution in [0.15, 0.2) is 24.3 Å². The zero-order chi connectivity index (χ0) is 14.1. The predicted molar refractivity (Wildman–Crippen MR) is 78.4 cm³/mol. The van der Waals surface area contributed by atoms with Gasteiger partial charge in [-0.3, -0.25) is 0 Å². The summed E-state index contributed by atoms with van der Waals surface area (Å²) < 4.78 is 30.9. The molecule has 0 aromatic heterocycles. The molecule has 0 spiro atoms. The summed E-state index contributed by atoms with van der Waals surface area (Å²) in [7, 11) is -1.56. The lowest BCUT2D eigenvalue weighted by Gasteiger charge is -2.07. The summed E-state index contributed by atoms with van der Waals surface area (Å²) >= 11 is 5.51. The Kier molecular flexibility index (Phi) is 7.20. The number of nitrogens with one attached hydrogen (secondary N) is 1. The second-order valence-corrected chi connectivity index (χ2v) is 6.51. The SMILES string of the molecule is COc1ccc(CCNS(=O)(=O)CCCCCl)cc1. The first-order valence-electron chi connectivity index (χ1n) is 6.23. The van der Waals surface area contributed by atoms with Gasteiger partial charge in [-0.15, -0.1) is 11.6 Å². The zero-order valence-electron chi connectivity index (χ0n) is 11.1. The molecule has 0 saturated heterocycles. The molecular weight excluding hydrogens is 286 g/mol. The van der Waals surface area contributed by atoms with Crippen LogP contribution in [0.4, 0.5) is 0 Å². The third-order valence-corrected chi connectivity index (χ3v) is 4.43. The van der Waals surface area contributed by atoms with Crippen molar-refractivity contribution < 1.29 is 13.2 Å². The number of rotatable bonds is 9. The number of methoxy groups -OCH3 is 1. The Labute approximate surface area is 120 Å². The summed E-state index contributed by atoms with van der Waals surface area (Å²) in [6, 6.07) is 7.59. The molecule has 0 aliphatic carbocycles. The van der Waals surface area contributed by atoms with Crippen LogP contribution in [0.1, 0.15) is 18.4 Å². The molecule has 108 valence electrons. The molecule has 0 unspecified atom stereocenters. The maximum Gasteiger partial charge on any atom is 0.211 e. The molecule has 0 fully saturated rings. The van der Waals surface area contributed by atoms with E-state index in [0.29, 0.717) is 25.3 Å². The molecule has 0 radical (unpaired) electrons. The topological polar surface area (TPSA) is 55.4 Å². The van der Waals surface area contributed by atoms with Gasteiger partial charge in [0.2, 0.25) is 10.0 Å². The van der Waals surface area contributed by atoms with E-state index in [2.05, 4.69) is 4.72 Å². The van der Waals surface area contributed by atoms with Gasteiger partial charge < -0.3 is 4.74 Å². The van der Waals surface area contributed by atoms with Crippen LogP contribution in [-0.2, 0) is 16.4 Å². The molecular formula is C13H20ClNO3S. The quantitative estimate of drug-likeness (QED) is 0.562. The van der Waals surface area contributed by atoms with Crippen molar-refractivity contribution in [3.8, 4) is 5.75 Å². The Morgan fingerprint density at radius 2 is 1.89 bits per heavy atom. The molecule has 1 rings (SSSR count). The van der Waals surface area contributed by atoms with Gasteiger partial charge in [0.05, 0.1) is 12.9 Å². The van der Waals surface area contributed by atoms with Crippen molar-refractivity contribution in [2.45, 2.75) is 19.3 Å². The number of halogens is 1. The molecule has 1 aromatic rings. The van der Waals surface area contributed by atoms with E-state index in [4.69, 9.17) is 16.3 Å². The Morgan fingerprint density at radius 1 is 1.21 bits per heavy atom. The fraction of sp³-hybridized carbons (Fsp3) is 0.538. The highest BCUT2D eigenvalue weighted by Gasteiger charge is 2.08. The highest BCUT2D eigenvalue weighted by atomic mass is 35.5. The monoisotopic (exact) mass is 305 g/mol. The van der Waals surface area contributed by atoms with E-state index < -0.39 is 10.0 Å². The molecule has 0 atom stereocenters. The average Bonchev–Trinajstić information content (AvgIpc) is 2.39. The normalized spacial score (nSPS) is 11.5. The van der Waals surface area contributed by atoms with Crippen LogP contribution in [0.25, 0.3) is 0 Å². The molecule has 0 saturated carbocycles. The van der Waals surface area contributed by atoms with Crippen LogP contribution in [0, 0.1) is 0 Å². The second-order valence-electron chi connectivity index (χ2n) is 4.21. The molecule has 0 aliphatic heterocycles. The van der Waals surface area contributed by atoms with Crippen LogP contribution < -0.4 is 9.46 Å². The summed E-state index contributed by atoms with van der Waals surface area (Å²) in [6.07, 6.45) is 1.99. The van der Waals surface area contributed by atoms with Crippen LogP contribution in [0.3, 0.4) is 0 Å². The molecule has 0 heterocycles. The Hall–Kier alpha value is -0.780. The number of ether oxygens (including phenoxy) is 1. The van der Waals surface area contributed by atoms with E-state index >= 15 is 0 Å². The largest absolute Gasteiger partial charge is 0.497 e. The Morgan fingerprint density at radius 3 is 2.47 bits per heavy atom. The fourth-order valence-electron chi connectivity index (χ4n) is 1.60. The van der Waals surface area contributed by atoms with Gasteiger partial charge >= 0.3 is 0 Å². The lowest BCUT2D eigenvalue weighted by Crippen LogP contribution is -2.28. The van der Waals surface area contributed by atoms with Crippen molar-refractivity contribution in [1.29, 1.82) is 0 Å². The first kappa shape index (κ1) is 16.3. The summed E-state index contributed by atoms with van der Waals surface area (Å²) in [4.78, 5) is 0. The maximum atomic E-state index is 11.6. The first-order valence-corrected chi connectivity index (χ1v) is 8.42. The van der Waals surface area contributed by atoms with Crippen LogP contribution in [-0.4, -0.2) is 33.7 Å². The summed E-state index contributed by atoms with van der Waals surface area (Å²) in [5.74, 6) is 1.44. The Balaban J connectivity index is 2.32. The number of benzene rings is 1. The van der Waals surface area contributed by atoms with E-state index in [9.17, 15) is 8.42 Å². The highest BCUT2D eigenvalue weighted by molar-refractivity contribution is 7.89. The number of sulfonamides is 1. The van der Waals surface area contributed by atoms with Gasteiger partial charge in [-0.2, -0.15) is 0 Å². The lowest BCUT2D eigenvalue weighted by atomic mass is 10.1. The van der Waals surface area contributed by atoms with Gasteiger partial charge in [0.25, 0.3) is 0 Å². The number of hydrogen-bond acceptors (Lipinski definition) is 3. The van der Waals surface area contributed by atoms with Crippen molar-refractivity contribution in [1.82, 2.24) is 4.72 Å². The van der Waals surface area contributed by atoms with Gasteiger partial charge in [0.1, 0.15) is 5.75 Å². The molecule has 0 amide bonds. The smallest absolute Gasteiger partial charge is 0.211 e. The minimum absolute atomic E-state index is 0.141. The summed E-state index contributed by atoms with van der Waals surface area (Å²) in [6.45, 7) is 0.412. The number of alkyl halides is 1. The van der Waals surface area contributed by atoms with Crippen molar-refractivity contribution >= 4 is 21.6 Å². The van der Waals surface area contributed by atoms with Gasteiger partial charge in [-0.1, -0.05) is 12.1 Å². The molecule has 0 bridgehead atoms. The van der Waals surface area contributed by atoms with E-state index in [0.717, 1.165) is 17.7 Å². The van der Waals surface area contributed by atoms with Gasteiger partial charge in [-0.25, -0.2) is 13.1 Å². The van der Waals surface area contributed by atoms with E-state index in [1.54, 1.807) is 7.11 Å². The van der Waals surface area contributed by atoms with Gasteiger partial charge in [-0.05, 0) is 37.0 Å². The number of unbranched alkanes of at least 4 members (excludes halogenated alkanes) is 1. The van der Waals surface area contributed by atoms with Crippen LogP contribution >= 0.6 is 11.6 Å². The minimum Gasteiger partial charge on any atom is -0.497 e. The van der Waals surface area contributed by atoms with E-state index in [1.807, 2.05) is 24.3 Å². The van der Waals surface area contributed by atoms with Crippen LogP contribution in [0.2, 0.25) is 0 Å². The molecule has 1 N–H and O–H groups in total. The number of hydrogen-bond donors (Lipinski definition) is 1. The molecule has 0 aliphatic rings. The first-order chi connectivity index (χ1) is 9.07. The lowest BCUT2D eigenvalue weighted by molar-refractivity contribution is 0.414. The minimum atomic E-state index is -3.17. The molecule has 6 heteroatoms. The average molecular weight is 306 g/mol. The van der Waals surface area contributed by atoms with Crippen molar-refractivity contribution in [3.63, 3.8) is 0 Å². The Bertz CT molecular complexity index is 459. The van der Waals surface area contributed by atoms with Gasteiger partial charge in [0.15, 0.2) is 0 Å². The van der Waals surface area contributed by atoms with E-state index in [-0.39, 0.29) is 5.75 Å².